The van der Waals surface area contributed by atoms with Crippen LogP contribution < -0.4 is 10.2 Å². The van der Waals surface area contributed by atoms with Crippen molar-refractivity contribution in [1.82, 2.24) is 15.0 Å². The Morgan fingerprint density at radius 2 is 1.71 bits per heavy atom. The molecule has 2 rings (SSSR count). The lowest BCUT2D eigenvalue weighted by Gasteiger charge is -2.12. The van der Waals surface area contributed by atoms with Crippen LogP contribution in [-0.2, 0) is 5.75 Å². The second-order valence-corrected chi connectivity index (χ2v) is 6.11. The maximum Gasteiger partial charge on any atom is 0.230 e. The normalized spacial score (nSPS) is 10.5. The van der Waals surface area contributed by atoms with E-state index in [4.69, 9.17) is 0 Å². The van der Waals surface area contributed by atoms with Gasteiger partial charge < -0.3 is 10.2 Å². The van der Waals surface area contributed by atoms with E-state index in [2.05, 4.69) is 52.3 Å². The molecule has 0 radical (unpaired) electrons. The minimum Gasteiger partial charge on any atom is -0.357 e. The number of thioether (sulfide) groups is 1. The van der Waals surface area contributed by atoms with Crippen LogP contribution in [0.2, 0.25) is 0 Å². The third-order valence-electron chi connectivity index (χ3n) is 2.88. The van der Waals surface area contributed by atoms with E-state index in [1.165, 1.54) is 16.7 Å². The molecule has 0 aliphatic carbocycles. The van der Waals surface area contributed by atoms with Gasteiger partial charge in [0.15, 0.2) is 5.16 Å². The molecule has 6 heteroatoms. The summed E-state index contributed by atoms with van der Waals surface area (Å²) in [7, 11) is 5.66. The first-order chi connectivity index (χ1) is 9.97. The lowest BCUT2D eigenvalue weighted by atomic mass is 10.1. The zero-order chi connectivity index (χ0) is 15.4. The average Bonchev–Trinajstić information content (AvgIpc) is 2.43. The Kier molecular flexibility index (Phi) is 5.01. The highest BCUT2D eigenvalue weighted by atomic mass is 32.2. The first-order valence-corrected chi connectivity index (χ1v) is 7.77. The number of aryl methyl sites for hydroxylation is 2. The molecule has 0 fully saturated rings. The van der Waals surface area contributed by atoms with Crippen molar-refractivity contribution in [2.75, 3.05) is 31.4 Å². The van der Waals surface area contributed by atoms with E-state index in [1.54, 1.807) is 11.8 Å². The first kappa shape index (κ1) is 15.6. The molecule has 0 aliphatic heterocycles. The lowest BCUT2D eigenvalue weighted by molar-refractivity contribution is 0.870. The molecule has 0 saturated heterocycles. The molecule has 0 amide bonds. The highest BCUT2D eigenvalue weighted by Gasteiger charge is 2.08. The summed E-state index contributed by atoms with van der Waals surface area (Å²) < 4.78 is 0. The molecular weight excluding hydrogens is 282 g/mol. The lowest BCUT2D eigenvalue weighted by Crippen LogP contribution is -2.15. The van der Waals surface area contributed by atoms with Crippen LogP contribution in [0.5, 0.6) is 0 Å². The van der Waals surface area contributed by atoms with Gasteiger partial charge in [-0.25, -0.2) is 0 Å². The van der Waals surface area contributed by atoms with Crippen molar-refractivity contribution in [2.45, 2.75) is 24.8 Å². The number of rotatable bonds is 5. The third kappa shape index (κ3) is 4.32. The highest BCUT2D eigenvalue weighted by Crippen LogP contribution is 2.23. The van der Waals surface area contributed by atoms with Gasteiger partial charge in [0.25, 0.3) is 0 Å². The highest BCUT2D eigenvalue weighted by molar-refractivity contribution is 7.98. The molecule has 1 N–H and O–H groups in total. The summed E-state index contributed by atoms with van der Waals surface area (Å²) in [5.74, 6) is 2.11. The molecule has 0 spiro atoms. The molecule has 1 aromatic carbocycles. The fourth-order valence-corrected chi connectivity index (χ4v) is 2.78. The second-order valence-electron chi connectivity index (χ2n) is 5.17. The van der Waals surface area contributed by atoms with Crippen molar-refractivity contribution in [3.8, 4) is 0 Å². The van der Waals surface area contributed by atoms with Gasteiger partial charge in [-0.15, -0.1) is 0 Å². The Labute approximate surface area is 130 Å². The Balaban J connectivity index is 2.17. The molecule has 1 heterocycles. The predicted octanol–water partition coefficient (Wildman–Crippen LogP) is 2.89. The average molecular weight is 303 g/mol. The SMILES string of the molecule is CNc1nc(SCc2cc(C)cc(C)c2)nc(N(C)C)n1. The van der Waals surface area contributed by atoms with Gasteiger partial charge >= 0.3 is 0 Å². The second kappa shape index (κ2) is 6.76. The maximum atomic E-state index is 4.47. The predicted molar refractivity (Wildman–Crippen MR) is 89.2 cm³/mol. The number of nitrogens with zero attached hydrogens (tertiary/aromatic N) is 4. The van der Waals surface area contributed by atoms with Gasteiger partial charge in [-0.3, -0.25) is 0 Å². The van der Waals surface area contributed by atoms with E-state index in [0.717, 1.165) is 10.9 Å². The van der Waals surface area contributed by atoms with Crippen molar-refractivity contribution in [2.24, 2.45) is 0 Å². The number of aromatic nitrogens is 3. The molecule has 0 bridgehead atoms. The topological polar surface area (TPSA) is 53.9 Å². The minimum absolute atomic E-state index is 0.594. The zero-order valence-electron chi connectivity index (χ0n) is 13.1. The van der Waals surface area contributed by atoms with Gasteiger partial charge in [-0.1, -0.05) is 41.1 Å². The van der Waals surface area contributed by atoms with Crippen LogP contribution in [0.1, 0.15) is 16.7 Å². The van der Waals surface area contributed by atoms with E-state index in [0.29, 0.717) is 11.9 Å². The molecule has 5 nitrogen and oxygen atoms in total. The third-order valence-corrected chi connectivity index (χ3v) is 3.79. The molecule has 21 heavy (non-hydrogen) atoms. The van der Waals surface area contributed by atoms with Gasteiger partial charge in [0.1, 0.15) is 0 Å². The van der Waals surface area contributed by atoms with E-state index in [1.807, 2.05) is 26.0 Å². The molecule has 0 saturated carbocycles. The molecule has 0 atom stereocenters. The van der Waals surface area contributed by atoms with Crippen LogP contribution in [0, 0.1) is 13.8 Å². The molecular formula is C15H21N5S. The number of hydrogen-bond donors (Lipinski definition) is 1. The Morgan fingerprint density at radius 1 is 1.05 bits per heavy atom. The van der Waals surface area contributed by atoms with Crippen LogP contribution in [0.15, 0.2) is 23.4 Å². The van der Waals surface area contributed by atoms with Crippen molar-refractivity contribution >= 4 is 23.7 Å². The van der Waals surface area contributed by atoms with Crippen molar-refractivity contribution in [3.63, 3.8) is 0 Å². The zero-order valence-corrected chi connectivity index (χ0v) is 14.0. The summed E-state index contributed by atoms with van der Waals surface area (Å²) in [4.78, 5) is 15.1. The summed E-state index contributed by atoms with van der Waals surface area (Å²) in [5, 5.41) is 3.71. The van der Waals surface area contributed by atoms with Gasteiger partial charge in [-0.05, 0) is 19.4 Å². The Morgan fingerprint density at radius 3 is 2.29 bits per heavy atom. The van der Waals surface area contributed by atoms with Gasteiger partial charge in [-0.2, -0.15) is 15.0 Å². The molecule has 112 valence electrons. The minimum atomic E-state index is 0.594. The fraction of sp³-hybridized carbons (Fsp3) is 0.400. The van der Waals surface area contributed by atoms with Crippen molar-refractivity contribution < 1.29 is 0 Å². The molecule has 0 unspecified atom stereocenters. The molecule has 1 aromatic heterocycles. The first-order valence-electron chi connectivity index (χ1n) is 6.79. The smallest absolute Gasteiger partial charge is 0.230 e. The molecule has 0 aliphatic rings. The number of hydrogen-bond acceptors (Lipinski definition) is 6. The summed E-state index contributed by atoms with van der Waals surface area (Å²) in [6.45, 7) is 4.24. The number of nitrogens with one attached hydrogen (secondary N) is 1. The monoisotopic (exact) mass is 303 g/mol. The van der Waals surface area contributed by atoms with Crippen LogP contribution in [0.4, 0.5) is 11.9 Å². The van der Waals surface area contributed by atoms with Crippen LogP contribution in [0.25, 0.3) is 0 Å². The van der Waals surface area contributed by atoms with E-state index < -0.39 is 0 Å². The van der Waals surface area contributed by atoms with Gasteiger partial charge in [0.05, 0.1) is 0 Å². The van der Waals surface area contributed by atoms with E-state index in [-0.39, 0.29) is 0 Å². The van der Waals surface area contributed by atoms with Gasteiger partial charge in [0, 0.05) is 26.9 Å². The quantitative estimate of drug-likeness (QED) is 0.857. The summed E-state index contributed by atoms with van der Waals surface area (Å²) in [6.07, 6.45) is 0. The maximum absolute atomic E-state index is 4.47. The van der Waals surface area contributed by atoms with Crippen molar-refractivity contribution in [3.05, 3.63) is 34.9 Å². The van der Waals surface area contributed by atoms with Gasteiger partial charge in [0.2, 0.25) is 11.9 Å². The molecule has 2 aromatic rings. The summed E-state index contributed by atoms with van der Waals surface area (Å²) in [6, 6.07) is 6.58. The van der Waals surface area contributed by atoms with E-state index >= 15 is 0 Å². The fourth-order valence-electron chi connectivity index (χ4n) is 2.02. The van der Waals surface area contributed by atoms with Crippen LogP contribution in [-0.4, -0.2) is 36.1 Å². The Hall–Kier alpha value is -1.82. The number of anilines is 2. The van der Waals surface area contributed by atoms with Crippen LogP contribution >= 0.6 is 11.8 Å². The van der Waals surface area contributed by atoms with Crippen molar-refractivity contribution in [1.29, 1.82) is 0 Å². The van der Waals surface area contributed by atoms with E-state index in [9.17, 15) is 0 Å². The summed E-state index contributed by atoms with van der Waals surface area (Å²) >= 11 is 1.62. The summed E-state index contributed by atoms with van der Waals surface area (Å²) in [5.41, 5.74) is 3.85. The Bertz CT molecular complexity index is 607. The standard InChI is InChI=1S/C15H21N5S/c1-10-6-11(2)8-12(7-10)9-21-15-18-13(16-3)17-14(19-15)20(4)5/h6-8H,9H2,1-5H3,(H,16,17,18,19). The largest absolute Gasteiger partial charge is 0.357 e. The number of benzene rings is 1. The van der Waals surface area contributed by atoms with Crippen LogP contribution in [0.3, 0.4) is 0 Å².